The number of allylic oxidation sites excluding steroid dienone is 7. The van der Waals surface area contributed by atoms with Crippen LogP contribution in [0.25, 0.3) is 38.8 Å². The fourth-order valence-electron chi connectivity index (χ4n) is 8.61. The normalized spacial score (nSPS) is 24.6. The lowest BCUT2D eigenvalue weighted by Crippen LogP contribution is -2.11. The summed E-state index contributed by atoms with van der Waals surface area (Å²) >= 11 is 0. The number of fused-ring (bicyclic) bond motifs is 12. The zero-order chi connectivity index (χ0) is 28.9. The highest BCUT2D eigenvalue weighted by Gasteiger charge is 2.36. The van der Waals surface area contributed by atoms with Crippen molar-refractivity contribution in [2.45, 2.75) is 90.4 Å². The molecule has 0 heteroatoms. The van der Waals surface area contributed by atoms with Crippen molar-refractivity contribution in [1.82, 2.24) is 0 Å². The molecule has 3 atom stereocenters. The molecule has 4 aromatic rings. The van der Waals surface area contributed by atoms with Crippen LogP contribution in [0.15, 0.2) is 78.4 Å². The van der Waals surface area contributed by atoms with Gasteiger partial charge < -0.3 is 0 Å². The largest absolute Gasteiger partial charge is 0.0873 e. The molecule has 0 amide bonds. The van der Waals surface area contributed by atoms with E-state index in [4.69, 9.17) is 0 Å². The van der Waals surface area contributed by atoms with Gasteiger partial charge >= 0.3 is 0 Å². The van der Waals surface area contributed by atoms with Crippen molar-refractivity contribution >= 4 is 38.8 Å². The minimum Gasteiger partial charge on any atom is -0.0873 e. The van der Waals surface area contributed by atoms with Crippen molar-refractivity contribution in [3.8, 4) is 0 Å². The van der Waals surface area contributed by atoms with E-state index in [0.717, 1.165) is 25.7 Å². The predicted octanol–water partition coefficient (Wildman–Crippen LogP) is 11.8. The highest BCUT2D eigenvalue weighted by atomic mass is 14.4. The Hall–Kier alpha value is -3.64. The Kier molecular flexibility index (Phi) is 5.69. The molecule has 4 aliphatic rings. The van der Waals surface area contributed by atoms with Crippen LogP contribution >= 0.6 is 0 Å². The molecule has 42 heavy (non-hydrogen) atoms. The molecule has 3 unspecified atom stereocenters. The molecule has 0 spiro atoms. The summed E-state index contributed by atoms with van der Waals surface area (Å²) in [5.74, 6) is 1.49. The van der Waals surface area contributed by atoms with Crippen molar-refractivity contribution < 1.29 is 0 Å². The van der Waals surface area contributed by atoms with E-state index >= 15 is 0 Å². The summed E-state index contributed by atoms with van der Waals surface area (Å²) in [7, 11) is 0. The van der Waals surface area contributed by atoms with Gasteiger partial charge in [0.05, 0.1) is 0 Å². The molecular weight excluding hydrogens is 504 g/mol. The topological polar surface area (TPSA) is 0 Å². The van der Waals surface area contributed by atoms with E-state index in [-0.39, 0.29) is 5.41 Å². The van der Waals surface area contributed by atoms with Crippen LogP contribution in [-0.2, 0) is 11.8 Å². The van der Waals surface area contributed by atoms with E-state index in [1.54, 1.807) is 16.5 Å². The van der Waals surface area contributed by atoms with Crippen LogP contribution in [0.2, 0.25) is 0 Å². The van der Waals surface area contributed by atoms with E-state index in [1.807, 2.05) is 0 Å². The van der Waals surface area contributed by atoms with Crippen LogP contribution in [0.3, 0.4) is 0 Å². The van der Waals surface area contributed by atoms with Crippen LogP contribution in [0.5, 0.6) is 0 Å². The van der Waals surface area contributed by atoms with Crippen LogP contribution in [-0.4, -0.2) is 0 Å². The van der Waals surface area contributed by atoms with Gasteiger partial charge in [0.15, 0.2) is 0 Å². The third-order valence-electron chi connectivity index (χ3n) is 11.0. The van der Waals surface area contributed by atoms with E-state index in [1.165, 1.54) is 66.3 Å². The van der Waals surface area contributed by atoms with Gasteiger partial charge in [0.2, 0.25) is 0 Å². The molecule has 4 aliphatic carbocycles. The third-order valence-corrected chi connectivity index (χ3v) is 11.0. The van der Waals surface area contributed by atoms with E-state index in [0.29, 0.717) is 17.8 Å². The molecule has 0 saturated heterocycles. The number of rotatable bonds is 2. The Labute approximate surface area is 251 Å². The van der Waals surface area contributed by atoms with Gasteiger partial charge in [-0.05, 0) is 126 Å². The van der Waals surface area contributed by atoms with Gasteiger partial charge in [-0.25, -0.2) is 0 Å². The van der Waals surface area contributed by atoms with E-state index < -0.39 is 0 Å². The number of benzene rings is 4. The van der Waals surface area contributed by atoms with E-state index in [2.05, 4.69) is 120 Å². The quantitative estimate of drug-likeness (QED) is 0.173. The van der Waals surface area contributed by atoms with Crippen molar-refractivity contribution in [2.75, 3.05) is 0 Å². The van der Waals surface area contributed by atoms with Gasteiger partial charge in [-0.15, -0.1) is 0 Å². The lowest BCUT2D eigenvalue weighted by Gasteiger charge is -2.22. The van der Waals surface area contributed by atoms with Crippen LogP contribution < -0.4 is 0 Å². The van der Waals surface area contributed by atoms with Gasteiger partial charge in [0.25, 0.3) is 0 Å². The summed E-state index contributed by atoms with van der Waals surface area (Å²) in [5, 5.41) is 5.97. The van der Waals surface area contributed by atoms with Gasteiger partial charge in [0.1, 0.15) is 0 Å². The minimum atomic E-state index is 0.123. The predicted molar refractivity (Wildman–Crippen MR) is 182 cm³/mol. The van der Waals surface area contributed by atoms with Gasteiger partial charge in [-0.2, -0.15) is 0 Å². The van der Waals surface area contributed by atoms with Gasteiger partial charge in [0, 0.05) is 11.8 Å². The zero-order valence-electron chi connectivity index (χ0n) is 26.1. The second-order valence-corrected chi connectivity index (χ2v) is 14.2. The molecule has 0 heterocycles. The van der Waals surface area contributed by atoms with Crippen molar-refractivity contribution in [3.63, 3.8) is 0 Å². The zero-order valence-corrected chi connectivity index (χ0v) is 26.1. The Morgan fingerprint density at radius 1 is 0.762 bits per heavy atom. The Morgan fingerprint density at radius 3 is 2.38 bits per heavy atom. The second kappa shape index (κ2) is 9.18. The lowest BCUT2D eigenvalue weighted by molar-refractivity contribution is 0.590. The summed E-state index contributed by atoms with van der Waals surface area (Å²) < 4.78 is 0. The van der Waals surface area contributed by atoms with Gasteiger partial charge in [-0.3, -0.25) is 0 Å². The molecule has 0 nitrogen and oxygen atoms in total. The molecule has 0 saturated carbocycles. The Bertz CT molecular complexity index is 1940. The van der Waals surface area contributed by atoms with Crippen LogP contribution in [0.1, 0.15) is 123 Å². The molecule has 0 fully saturated rings. The molecule has 0 radical (unpaired) electrons. The molecule has 0 aliphatic heterocycles. The minimum absolute atomic E-state index is 0.123. The maximum atomic E-state index is 2.63. The standard InChI is InChI=1S/C42H42/c1-7-25-12-13-27-20-28(36-22-29(42(4,5)6)15-17-31(27)36)21-37-30(24(25)3)18-19-35-38(37)23-39-33-11-9-10-32(33)34-16-14-26(8-2)40(35)41(34)39/h9-10,12-19,21-24,32-33H,7-8,11,20H2,1-6H3/b25-12-,27-13?,28-21+. The fourth-order valence-corrected chi connectivity index (χ4v) is 8.61. The summed E-state index contributed by atoms with van der Waals surface area (Å²) in [5.41, 5.74) is 16.4. The molecule has 8 rings (SSSR count). The fraction of sp³-hybridized carbons (Fsp3) is 0.333. The van der Waals surface area contributed by atoms with Crippen molar-refractivity contribution in [3.05, 3.63) is 123 Å². The van der Waals surface area contributed by atoms with Crippen molar-refractivity contribution in [1.29, 1.82) is 0 Å². The monoisotopic (exact) mass is 546 g/mol. The summed E-state index contributed by atoms with van der Waals surface area (Å²) in [6, 6.07) is 19.7. The smallest absolute Gasteiger partial charge is 0.00961 e. The van der Waals surface area contributed by atoms with Crippen LogP contribution in [0, 0.1) is 0 Å². The van der Waals surface area contributed by atoms with E-state index in [9.17, 15) is 0 Å². The SMILES string of the molecule is CC/C1=C/C=C2C/C(=C\c3c(ccc4c3cc3c5c(ccc(CC)c54)C4C=CCC34)C1C)c1cc(C(C)(C)C)ccc12. The molecule has 0 N–H and O–H groups in total. The summed E-state index contributed by atoms with van der Waals surface area (Å²) in [6.45, 7) is 14.1. The average Bonchev–Trinajstić information content (AvgIpc) is 3.67. The lowest BCUT2D eigenvalue weighted by atomic mass is 9.81. The highest BCUT2D eigenvalue weighted by molar-refractivity contribution is 6.16. The maximum absolute atomic E-state index is 2.63. The summed E-state index contributed by atoms with van der Waals surface area (Å²) in [6.07, 6.45) is 16.7. The maximum Gasteiger partial charge on any atom is 0.00961 e. The first kappa shape index (κ1) is 26.0. The Balaban J connectivity index is 1.48. The first-order valence-electron chi connectivity index (χ1n) is 16.3. The molecule has 4 aromatic carbocycles. The second-order valence-electron chi connectivity index (χ2n) is 14.2. The molecular formula is C42H42. The first-order valence-corrected chi connectivity index (χ1v) is 16.3. The third kappa shape index (κ3) is 3.60. The molecule has 0 aromatic heterocycles. The number of hydrogen-bond donors (Lipinski definition) is 0. The number of aryl methyl sites for hydroxylation is 1. The van der Waals surface area contributed by atoms with Gasteiger partial charge in [-0.1, -0.05) is 114 Å². The molecule has 210 valence electrons. The average molecular weight is 547 g/mol. The first-order chi connectivity index (χ1) is 20.3. The molecule has 2 bridgehead atoms. The highest BCUT2D eigenvalue weighted by Crippen LogP contribution is 2.55. The van der Waals surface area contributed by atoms with Crippen molar-refractivity contribution in [2.24, 2.45) is 0 Å². The van der Waals surface area contributed by atoms with Crippen LogP contribution in [0.4, 0.5) is 0 Å². The summed E-state index contributed by atoms with van der Waals surface area (Å²) in [4.78, 5) is 0. The number of hydrogen-bond acceptors (Lipinski definition) is 0. The Morgan fingerprint density at radius 2 is 1.60 bits per heavy atom.